The van der Waals surface area contributed by atoms with Crippen LogP contribution < -0.4 is 37.2 Å². The number of Topliss-reactive ketones (excluding diaryl/α,β-unsaturated/α-hetero) is 8. The molecule has 0 fully saturated rings. The average Bonchev–Trinajstić information content (AvgIpc) is 1.68. The Morgan fingerprint density at radius 3 is 1.06 bits per heavy atom. The number of aromatic nitrogens is 11. The van der Waals surface area contributed by atoms with E-state index in [4.69, 9.17) is 0 Å². The van der Waals surface area contributed by atoms with Gasteiger partial charge in [-0.1, -0.05) is 0 Å². The lowest BCUT2D eigenvalue weighted by molar-refractivity contribution is -0.119. The standard InChI is InChI=1S/C87H105N19O15/c1-53(107)90-59-38-73(103(10)47-59)85(119)93-62-41-72(102(9)50-62)84(118)89-27-25-81(116)91-60-39-74(104(11)48-60)86(120)95-63-42-75(105(12)51-63)87(121)94-61-40-71(101(8)49-61)83(117)88-26-18-22-65(109)29-54-30-69(99(6)43-54)78(113)35-56-33-70(100(7)45-56)79(114)34-55-31-67(97(4)44-55)77(112)24-17-21-66(110)37-58-52-106(13)82(92-58)80(115)36-57-32-68(98(5)46-57)76(111)23-16-20-64(108)19-14-15-28-96(2)3/h30-33,38-52H,14-29,34-37H2,1-13H3,(H,88,117)(H,89,118)(H,90,107)(H,91,116)(H,93,119)(H,94,121)(H,95,120). The second-order valence-corrected chi connectivity index (χ2v) is 31.2. The van der Waals surface area contributed by atoms with E-state index in [9.17, 15) is 71.9 Å². The van der Waals surface area contributed by atoms with E-state index >= 15 is 0 Å². The molecule has 0 spiro atoms. The quantitative estimate of drug-likeness (QED) is 0.0139. The molecule has 10 rings (SSSR count). The third kappa shape index (κ3) is 24.3. The molecule has 0 atom stereocenters. The zero-order chi connectivity index (χ0) is 87.8. The van der Waals surface area contributed by atoms with E-state index in [1.54, 1.807) is 189 Å². The van der Waals surface area contributed by atoms with Gasteiger partial charge in [-0.05, 0) is 130 Å². The Balaban J connectivity index is 0.598. The Hall–Kier alpha value is -13.7. The lowest BCUT2D eigenvalue weighted by Gasteiger charge is -2.08. The van der Waals surface area contributed by atoms with Crippen molar-refractivity contribution in [2.45, 2.75) is 116 Å². The summed E-state index contributed by atoms with van der Waals surface area (Å²) in [5.74, 6) is -4.17. The topological polar surface area (TPSA) is 406 Å². The summed E-state index contributed by atoms with van der Waals surface area (Å²) in [6.45, 7) is 2.42. The van der Waals surface area contributed by atoms with Crippen LogP contribution in [0.4, 0.5) is 28.4 Å². The first-order valence-electron chi connectivity index (χ1n) is 39.8. The fourth-order valence-electron chi connectivity index (χ4n) is 14.6. The van der Waals surface area contributed by atoms with Crippen LogP contribution in [0.2, 0.25) is 0 Å². The van der Waals surface area contributed by atoms with Gasteiger partial charge in [0.15, 0.2) is 29.0 Å². The van der Waals surface area contributed by atoms with Gasteiger partial charge < -0.3 is 87.8 Å². The number of carbonyl (C=O) groups is 15. The van der Waals surface area contributed by atoms with Gasteiger partial charge in [0.05, 0.1) is 63.3 Å². The number of amides is 7. The molecule has 34 nitrogen and oxygen atoms in total. The number of nitrogens with zero attached hydrogens (tertiary/aromatic N) is 12. The molecule has 0 aliphatic rings. The highest BCUT2D eigenvalue weighted by atomic mass is 16.2. The Kier molecular flexibility index (Phi) is 29.8. The zero-order valence-corrected chi connectivity index (χ0v) is 70.6. The Bertz CT molecular complexity index is 5660. The molecule has 638 valence electrons. The first-order valence-corrected chi connectivity index (χ1v) is 39.8. The molecule has 121 heavy (non-hydrogen) atoms. The molecule has 0 saturated carbocycles. The van der Waals surface area contributed by atoms with Gasteiger partial charge in [0.25, 0.3) is 29.5 Å². The summed E-state index contributed by atoms with van der Waals surface area (Å²) in [5, 5.41) is 19.2. The molecule has 34 heteroatoms. The molecular formula is C87H105N19O15. The van der Waals surface area contributed by atoms with Crippen LogP contribution in [0.25, 0.3) is 0 Å². The van der Waals surface area contributed by atoms with Crippen LogP contribution in [-0.4, -0.2) is 177 Å². The summed E-state index contributed by atoms with van der Waals surface area (Å²) in [4.78, 5) is 204. The van der Waals surface area contributed by atoms with Gasteiger partial charge in [0, 0.05) is 223 Å². The summed E-state index contributed by atoms with van der Waals surface area (Å²) < 4.78 is 15.9. The van der Waals surface area contributed by atoms with Crippen LogP contribution in [-0.2, 0) is 127 Å². The predicted octanol–water partition coefficient (Wildman–Crippen LogP) is 8.36. The normalized spacial score (nSPS) is 11.3. The number of hydrogen-bond donors (Lipinski definition) is 7. The molecule has 10 aromatic rings. The summed E-state index contributed by atoms with van der Waals surface area (Å²) in [5.41, 5.74) is 7.32. The van der Waals surface area contributed by atoms with E-state index < -0.39 is 35.4 Å². The molecule has 0 unspecified atom stereocenters. The van der Waals surface area contributed by atoms with Crippen LogP contribution in [0.15, 0.2) is 117 Å². The van der Waals surface area contributed by atoms with Gasteiger partial charge in [-0.15, -0.1) is 0 Å². The lowest BCUT2D eigenvalue weighted by Crippen LogP contribution is -2.28. The monoisotopic (exact) mass is 1660 g/mol. The van der Waals surface area contributed by atoms with E-state index in [-0.39, 0.29) is 170 Å². The van der Waals surface area contributed by atoms with Crippen LogP contribution in [0.5, 0.6) is 0 Å². The van der Waals surface area contributed by atoms with Crippen LogP contribution in [0.1, 0.15) is 217 Å². The van der Waals surface area contributed by atoms with E-state index in [0.717, 1.165) is 19.4 Å². The number of aryl methyl sites for hydroxylation is 10. The van der Waals surface area contributed by atoms with E-state index in [2.05, 4.69) is 47.1 Å². The highest BCUT2D eigenvalue weighted by Gasteiger charge is 2.26. The Labute approximate surface area is 699 Å². The molecule has 0 saturated heterocycles. The third-order valence-electron chi connectivity index (χ3n) is 20.6. The van der Waals surface area contributed by atoms with Crippen LogP contribution >= 0.6 is 0 Å². The number of imidazole rings is 1. The highest BCUT2D eigenvalue weighted by molar-refractivity contribution is 6.09. The molecule has 10 heterocycles. The summed E-state index contributed by atoms with van der Waals surface area (Å²) in [7, 11) is 20.7. The second kappa shape index (κ2) is 40.2. The van der Waals surface area contributed by atoms with E-state index in [1.807, 2.05) is 14.1 Å². The maximum Gasteiger partial charge on any atom is 0.272 e. The van der Waals surface area contributed by atoms with E-state index in [0.29, 0.717) is 105 Å². The zero-order valence-electron chi connectivity index (χ0n) is 70.6. The predicted molar refractivity (Wildman–Crippen MR) is 453 cm³/mol. The molecule has 0 aliphatic heterocycles. The summed E-state index contributed by atoms with van der Waals surface area (Å²) in [6, 6.07) is 14.2. The molecule has 7 N–H and O–H groups in total. The Morgan fingerprint density at radius 2 is 0.636 bits per heavy atom. The number of hydrogen-bond acceptors (Lipinski definition) is 17. The maximum absolute atomic E-state index is 13.8. The van der Waals surface area contributed by atoms with Crippen molar-refractivity contribution in [1.29, 1.82) is 0 Å². The molecule has 0 aromatic carbocycles. The molecular weight excluding hydrogens is 1550 g/mol. The van der Waals surface area contributed by atoms with Crippen LogP contribution in [0.3, 0.4) is 0 Å². The summed E-state index contributed by atoms with van der Waals surface area (Å²) in [6.07, 6.45) is 20.4. The Morgan fingerprint density at radius 1 is 0.298 bits per heavy atom. The molecule has 10 aromatic heterocycles. The maximum atomic E-state index is 13.8. The minimum atomic E-state index is -0.541. The van der Waals surface area contributed by atoms with Crippen molar-refractivity contribution in [3.8, 4) is 0 Å². The smallest absolute Gasteiger partial charge is 0.272 e. The van der Waals surface area contributed by atoms with Crippen molar-refractivity contribution in [2.75, 3.05) is 60.3 Å². The highest BCUT2D eigenvalue weighted by Crippen LogP contribution is 2.25. The first-order chi connectivity index (χ1) is 57.4. The number of ketones is 8. The van der Waals surface area contributed by atoms with Crippen molar-refractivity contribution in [2.24, 2.45) is 70.5 Å². The van der Waals surface area contributed by atoms with Gasteiger partial charge in [-0.3, -0.25) is 71.9 Å². The fourth-order valence-corrected chi connectivity index (χ4v) is 14.6. The van der Waals surface area contributed by atoms with Gasteiger partial charge >= 0.3 is 0 Å². The minimum Gasteiger partial charge on any atom is -0.351 e. The third-order valence-corrected chi connectivity index (χ3v) is 20.6. The van der Waals surface area contributed by atoms with Crippen molar-refractivity contribution < 1.29 is 71.9 Å². The number of carbonyl (C=O) groups excluding carboxylic acids is 15. The van der Waals surface area contributed by atoms with E-state index in [1.165, 1.54) is 51.0 Å². The van der Waals surface area contributed by atoms with Gasteiger partial charge in [-0.2, -0.15) is 0 Å². The summed E-state index contributed by atoms with van der Waals surface area (Å²) >= 11 is 0. The van der Waals surface area contributed by atoms with Gasteiger partial charge in [-0.25, -0.2) is 4.98 Å². The second-order valence-electron chi connectivity index (χ2n) is 31.2. The fraction of sp³-hybridized carbons (Fsp3) is 0.379. The number of anilines is 5. The van der Waals surface area contributed by atoms with Crippen molar-refractivity contribution in [1.82, 2.24) is 66.2 Å². The number of rotatable bonds is 45. The van der Waals surface area contributed by atoms with Crippen molar-refractivity contribution in [3.63, 3.8) is 0 Å². The molecule has 0 bridgehead atoms. The van der Waals surface area contributed by atoms with Gasteiger partial charge in [0.1, 0.15) is 45.8 Å². The lowest BCUT2D eigenvalue weighted by atomic mass is 10.0. The number of unbranched alkanes of at least 4 members (excludes halogenated alkanes) is 1. The SMILES string of the molecule is CC(=O)Nc1cc(C(=O)Nc2cc(C(=O)NCCC(=O)Nc3cc(C(=O)Nc4cc(C(=O)Nc5cc(C(=O)NCCCC(=O)Cc6cc(C(=O)Cc7cc(C(=O)Cc8cc(C(=O)CCCC(=O)Cc9cn(C)c(C(=O)Cc%10cc(C(=O)CCCC(=O)CCCCN(C)C)n(C)c%10)n9)n(C)c8)n(C)c7)n(C)c6)n(C)c5)n(C)c4)n(C)c3)n(C)c2)n(C)c1. The largest absolute Gasteiger partial charge is 0.351 e. The molecule has 0 aliphatic carbocycles. The number of nitrogens with one attached hydrogen (secondary N) is 7. The van der Waals surface area contributed by atoms with Crippen molar-refractivity contribution in [3.05, 3.63) is 202 Å². The van der Waals surface area contributed by atoms with Gasteiger partial charge in [0.2, 0.25) is 17.6 Å². The first kappa shape index (κ1) is 89.7. The minimum absolute atomic E-state index is 0.00490. The van der Waals surface area contributed by atoms with Crippen molar-refractivity contribution >= 4 is 116 Å². The van der Waals surface area contributed by atoms with Crippen LogP contribution in [0, 0.1) is 0 Å². The average molecular weight is 1660 g/mol. The molecule has 7 amide bonds. The molecule has 0 radical (unpaired) electrons.